The van der Waals surface area contributed by atoms with Crippen LogP contribution in [0.15, 0.2) is 46.3 Å². The molecule has 1 saturated heterocycles. The van der Waals surface area contributed by atoms with Crippen molar-refractivity contribution in [1.29, 1.82) is 0 Å². The van der Waals surface area contributed by atoms with Gasteiger partial charge in [-0.2, -0.15) is 0 Å². The fourth-order valence-electron chi connectivity index (χ4n) is 2.94. The van der Waals surface area contributed by atoms with Crippen molar-refractivity contribution in [3.8, 4) is 5.75 Å². The van der Waals surface area contributed by atoms with Gasteiger partial charge in [0.05, 0.1) is 12.0 Å². The minimum atomic E-state index is 0.00693. The number of aliphatic imine (C=N–C) groups is 1. The summed E-state index contributed by atoms with van der Waals surface area (Å²) in [5.41, 5.74) is 2.03. The van der Waals surface area contributed by atoms with Gasteiger partial charge in [0.15, 0.2) is 5.17 Å². The van der Waals surface area contributed by atoms with Crippen molar-refractivity contribution in [3.63, 3.8) is 0 Å². The number of nitrogens with zero attached hydrogens (tertiary/aromatic N) is 2. The predicted octanol–water partition coefficient (Wildman–Crippen LogP) is 7.22. The molecule has 2 aromatic carbocycles. The third-order valence-corrected chi connectivity index (χ3v) is 7.19. The average Bonchev–Trinajstić information content (AvgIpc) is 2.96. The Morgan fingerprint density at radius 3 is 2.29 bits per heavy atom. The van der Waals surface area contributed by atoms with Gasteiger partial charge in [-0.05, 0) is 126 Å². The van der Waals surface area contributed by atoms with E-state index in [0.717, 1.165) is 29.2 Å². The maximum absolute atomic E-state index is 13.0. The Hall–Kier alpha value is -0.780. The van der Waals surface area contributed by atoms with Gasteiger partial charge >= 0.3 is 0 Å². The lowest BCUT2D eigenvalue weighted by Crippen LogP contribution is -2.35. The first-order chi connectivity index (χ1) is 14.7. The molecule has 8 heteroatoms. The third-order valence-electron chi connectivity index (χ3n) is 4.34. The maximum atomic E-state index is 13.0. The Kier molecular flexibility index (Phi) is 8.73. The van der Waals surface area contributed by atoms with Crippen LogP contribution in [0.1, 0.15) is 38.8 Å². The molecule has 0 aromatic heterocycles. The van der Waals surface area contributed by atoms with Crippen molar-refractivity contribution in [2.75, 3.05) is 0 Å². The van der Waals surface area contributed by atoms with Crippen molar-refractivity contribution < 1.29 is 9.53 Å². The van der Waals surface area contributed by atoms with E-state index < -0.39 is 0 Å². The summed E-state index contributed by atoms with van der Waals surface area (Å²) >= 11 is 12.0. The van der Waals surface area contributed by atoms with Gasteiger partial charge in [-0.1, -0.05) is 23.7 Å². The van der Waals surface area contributed by atoms with Crippen LogP contribution in [0.3, 0.4) is 0 Å². The van der Waals surface area contributed by atoms with Crippen molar-refractivity contribution in [1.82, 2.24) is 4.90 Å². The second-order valence-corrected chi connectivity index (χ2v) is 11.4. The van der Waals surface area contributed by atoms with Crippen LogP contribution in [-0.2, 0) is 11.4 Å². The van der Waals surface area contributed by atoms with E-state index in [4.69, 9.17) is 16.3 Å². The Bertz CT molecular complexity index is 1010. The number of carbonyl (C=O) groups is 1. The molecule has 1 aliphatic heterocycles. The van der Waals surface area contributed by atoms with Crippen LogP contribution in [0.25, 0.3) is 6.08 Å². The Labute approximate surface area is 220 Å². The van der Waals surface area contributed by atoms with E-state index in [0.29, 0.717) is 16.5 Å². The SMILES string of the molecule is CC(C)N=C1S/C(=C/c2cc(I)c(OCc3ccc(Cl)cc3)c(I)c2)C(=O)N1C(C)C. The van der Waals surface area contributed by atoms with E-state index in [2.05, 4.69) is 50.2 Å². The standard InChI is InChI=1S/C23H23ClI2N2O2S/c1-13(2)27-23-28(14(3)4)22(29)20(31-23)11-16-9-18(25)21(19(26)10-16)30-12-15-5-7-17(24)8-6-15/h5-11,13-14H,12H2,1-4H3/b20-11+,27-23?. The first kappa shape index (κ1) is 24.9. The average molecular weight is 681 g/mol. The number of hydrogen-bond acceptors (Lipinski definition) is 4. The molecule has 1 aliphatic rings. The van der Waals surface area contributed by atoms with Crippen LogP contribution in [0, 0.1) is 7.14 Å². The predicted molar refractivity (Wildman–Crippen MR) is 148 cm³/mol. The van der Waals surface area contributed by atoms with Crippen LogP contribution in [0.2, 0.25) is 5.02 Å². The summed E-state index contributed by atoms with van der Waals surface area (Å²) < 4.78 is 8.07. The van der Waals surface area contributed by atoms with Crippen LogP contribution < -0.4 is 4.74 Å². The number of thioether (sulfide) groups is 1. The molecule has 4 nitrogen and oxygen atoms in total. The minimum Gasteiger partial charge on any atom is -0.487 e. The van der Waals surface area contributed by atoms with Crippen LogP contribution >= 0.6 is 68.5 Å². The fraction of sp³-hybridized carbons (Fsp3) is 0.304. The zero-order valence-corrected chi connectivity index (χ0v) is 23.5. The van der Waals surface area contributed by atoms with Gasteiger partial charge in [0.25, 0.3) is 5.91 Å². The second kappa shape index (κ2) is 10.9. The number of amides is 1. The van der Waals surface area contributed by atoms with Crippen LogP contribution in [0.4, 0.5) is 0 Å². The van der Waals surface area contributed by atoms with Crippen molar-refractivity contribution >= 4 is 85.7 Å². The van der Waals surface area contributed by atoms with E-state index in [1.807, 2.05) is 70.2 Å². The van der Waals surface area contributed by atoms with Crippen molar-refractivity contribution in [3.05, 3.63) is 64.6 Å². The van der Waals surface area contributed by atoms with E-state index in [9.17, 15) is 4.79 Å². The van der Waals surface area contributed by atoms with Gasteiger partial charge in [-0.15, -0.1) is 0 Å². The monoisotopic (exact) mass is 680 g/mol. The third kappa shape index (κ3) is 6.39. The first-order valence-corrected chi connectivity index (χ1v) is 13.2. The molecule has 0 N–H and O–H groups in total. The quantitative estimate of drug-likeness (QED) is 0.239. The van der Waals surface area contributed by atoms with Gasteiger partial charge in [0.2, 0.25) is 0 Å². The molecule has 0 spiro atoms. The van der Waals surface area contributed by atoms with Gasteiger partial charge in [-0.3, -0.25) is 14.7 Å². The summed E-state index contributed by atoms with van der Waals surface area (Å²) in [5.74, 6) is 0.849. The molecule has 0 saturated carbocycles. The molecule has 1 fully saturated rings. The molecule has 0 atom stereocenters. The molecule has 31 heavy (non-hydrogen) atoms. The molecule has 0 unspecified atom stereocenters. The molecule has 1 amide bonds. The van der Waals surface area contributed by atoms with E-state index >= 15 is 0 Å². The molecule has 0 radical (unpaired) electrons. The Morgan fingerprint density at radius 2 is 1.74 bits per heavy atom. The van der Waals surface area contributed by atoms with Crippen LogP contribution in [0.5, 0.6) is 5.75 Å². The second-order valence-electron chi connectivity index (χ2n) is 7.61. The number of amidine groups is 1. The Balaban J connectivity index is 1.83. The summed E-state index contributed by atoms with van der Waals surface area (Å²) in [6, 6.07) is 11.9. The zero-order valence-electron chi connectivity index (χ0n) is 17.7. The topological polar surface area (TPSA) is 41.9 Å². The molecule has 164 valence electrons. The van der Waals surface area contributed by atoms with Gasteiger partial charge in [0.1, 0.15) is 12.4 Å². The largest absolute Gasteiger partial charge is 0.487 e. The highest BCUT2D eigenvalue weighted by Crippen LogP contribution is 2.36. The number of halogens is 3. The normalized spacial score (nSPS) is 16.9. The summed E-state index contributed by atoms with van der Waals surface area (Å²) in [4.78, 5) is 20.1. The highest BCUT2D eigenvalue weighted by Gasteiger charge is 2.35. The number of carbonyl (C=O) groups excluding carboxylic acids is 1. The summed E-state index contributed by atoms with van der Waals surface area (Å²) in [5, 5.41) is 1.48. The minimum absolute atomic E-state index is 0.00693. The van der Waals surface area contributed by atoms with E-state index in [-0.39, 0.29) is 18.0 Å². The number of rotatable bonds is 6. The highest BCUT2D eigenvalue weighted by molar-refractivity contribution is 14.1. The lowest BCUT2D eigenvalue weighted by molar-refractivity contribution is -0.123. The first-order valence-electron chi connectivity index (χ1n) is 9.83. The van der Waals surface area contributed by atoms with Gasteiger partial charge in [-0.25, -0.2) is 0 Å². The maximum Gasteiger partial charge on any atom is 0.266 e. The Morgan fingerprint density at radius 1 is 1.13 bits per heavy atom. The molecule has 0 bridgehead atoms. The highest BCUT2D eigenvalue weighted by atomic mass is 127. The van der Waals surface area contributed by atoms with Gasteiger partial charge in [0, 0.05) is 17.1 Å². The van der Waals surface area contributed by atoms with Crippen molar-refractivity contribution in [2.24, 2.45) is 4.99 Å². The lowest BCUT2D eigenvalue weighted by Gasteiger charge is -2.20. The van der Waals surface area contributed by atoms with Gasteiger partial charge < -0.3 is 4.74 Å². The molecular formula is C23H23ClI2N2O2S. The van der Waals surface area contributed by atoms with E-state index in [1.54, 1.807) is 4.90 Å². The summed E-state index contributed by atoms with van der Waals surface area (Å²) in [6.07, 6.45) is 1.94. The molecule has 3 rings (SSSR count). The summed E-state index contributed by atoms with van der Waals surface area (Å²) in [7, 11) is 0. The van der Waals surface area contributed by atoms with Crippen molar-refractivity contribution in [2.45, 2.75) is 46.4 Å². The number of ether oxygens (including phenoxy) is 1. The zero-order chi connectivity index (χ0) is 22.7. The molecule has 1 heterocycles. The van der Waals surface area contributed by atoms with E-state index in [1.165, 1.54) is 11.8 Å². The molecule has 0 aliphatic carbocycles. The smallest absolute Gasteiger partial charge is 0.266 e. The fourth-order valence-corrected chi connectivity index (χ4v) is 6.43. The lowest BCUT2D eigenvalue weighted by atomic mass is 10.2. The van der Waals surface area contributed by atoms with Crippen LogP contribution in [-0.4, -0.2) is 28.1 Å². The molecule has 2 aromatic rings. The number of benzene rings is 2. The number of hydrogen-bond donors (Lipinski definition) is 0. The molecular weight excluding hydrogens is 658 g/mol. The summed E-state index contributed by atoms with van der Waals surface area (Å²) in [6.45, 7) is 8.53.